The Morgan fingerprint density at radius 3 is 2.68 bits per heavy atom. The lowest BCUT2D eigenvalue weighted by Gasteiger charge is -2.20. The number of nitrogens with one attached hydrogen (secondary N) is 1. The van der Waals surface area contributed by atoms with Gasteiger partial charge in [0.25, 0.3) is 5.56 Å². The lowest BCUT2D eigenvalue weighted by molar-refractivity contribution is 0.0991. The molecule has 0 unspecified atom stereocenters. The zero-order valence-corrected chi connectivity index (χ0v) is 18.0. The van der Waals surface area contributed by atoms with Crippen molar-refractivity contribution < 1.29 is 18.7 Å². The molecule has 170 valence electrons. The van der Waals surface area contributed by atoms with Crippen molar-refractivity contribution in [2.45, 2.75) is 6.42 Å². The fourth-order valence-electron chi connectivity index (χ4n) is 3.69. The van der Waals surface area contributed by atoms with Crippen LogP contribution < -0.4 is 20.3 Å². The maximum atomic E-state index is 13.2. The highest BCUT2D eigenvalue weighted by atomic mass is 19.1. The molecule has 8 heteroatoms. The van der Waals surface area contributed by atoms with Gasteiger partial charge >= 0.3 is 0 Å². The third-order valence-electron chi connectivity index (χ3n) is 5.38. The first-order chi connectivity index (χ1) is 16.6. The molecule has 0 atom stereocenters. The molecule has 0 radical (unpaired) electrons. The number of rotatable bonds is 6. The summed E-state index contributed by atoms with van der Waals surface area (Å²) in [7, 11) is 0. The normalized spacial score (nSPS) is 12.3. The van der Waals surface area contributed by atoms with Gasteiger partial charge in [-0.2, -0.15) is 0 Å². The van der Waals surface area contributed by atoms with Gasteiger partial charge in [-0.05, 0) is 54.1 Å². The predicted molar refractivity (Wildman–Crippen MR) is 125 cm³/mol. The van der Waals surface area contributed by atoms with Gasteiger partial charge in [-0.3, -0.25) is 14.2 Å². The predicted octanol–water partition coefficient (Wildman–Crippen LogP) is 4.39. The minimum Gasteiger partial charge on any atom is -0.485 e. The Morgan fingerprint density at radius 2 is 1.88 bits per heavy atom. The fourth-order valence-corrected chi connectivity index (χ4v) is 3.69. The highest BCUT2D eigenvalue weighted by Gasteiger charge is 2.17. The number of pyridine rings is 2. The van der Waals surface area contributed by atoms with E-state index < -0.39 is 11.4 Å². The van der Waals surface area contributed by atoms with E-state index in [0.717, 1.165) is 5.56 Å². The Bertz CT molecular complexity index is 1400. The van der Waals surface area contributed by atoms with Gasteiger partial charge < -0.3 is 14.8 Å². The minimum absolute atomic E-state index is 0.0562. The number of ether oxygens (including phenoxy) is 2. The van der Waals surface area contributed by atoms with Gasteiger partial charge in [0.1, 0.15) is 18.2 Å². The number of ketones is 1. The molecule has 0 spiro atoms. The average Bonchev–Trinajstić information content (AvgIpc) is 2.86. The van der Waals surface area contributed by atoms with Gasteiger partial charge in [0.2, 0.25) is 5.75 Å². The number of benzene rings is 2. The SMILES string of the molecule is O=C(Cc1ccc(Oc2ccnc3c2OCCN3)cc1)c1cccn(-c2ccc(F)cc2)c1=O. The summed E-state index contributed by atoms with van der Waals surface area (Å²) in [6.45, 7) is 1.21. The van der Waals surface area contributed by atoms with Crippen molar-refractivity contribution in [3.05, 3.63) is 106 Å². The van der Waals surface area contributed by atoms with Crippen LogP contribution >= 0.6 is 0 Å². The lowest BCUT2D eigenvalue weighted by atomic mass is 10.0. The summed E-state index contributed by atoms with van der Waals surface area (Å²) in [5.41, 5.74) is 0.846. The summed E-state index contributed by atoms with van der Waals surface area (Å²) in [6.07, 6.45) is 3.25. The molecule has 5 rings (SSSR count). The van der Waals surface area contributed by atoms with Gasteiger partial charge in [-0.15, -0.1) is 0 Å². The second kappa shape index (κ2) is 9.19. The van der Waals surface area contributed by atoms with Crippen LogP contribution in [0.5, 0.6) is 17.2 Å². The number of hydrogen-bond acceptors (Lipinski definition) is 6. The molecule has 7 nitrogen and oxygen atoms in total. The molecule has 0 saturated heterocycles. The highest BCUT2D eigenvalue weighted by Crippen LogP contribution is 2.37. The second-order valence-corrected chi connectivity index (χ2v) is 7.68. The van der Waals surface area contributed by atoms with Crippen LogP contribution in [0.2, 0.25) is 0 Å². The second-order valence-electron chi connectivity index (χ2n) is 7.68. The minimum atomic E-state index is -0.449. The van der Waals surface area contributed by atoms with Gasteiger partial charge in [0.05, 0.1) is 12.1 Å². The standard InChI is InChI=1S/C26H20FN3O4/c27-18-5-7-19(8-6-18)30-14-1-2-21(26(30)32)22(31)16-17-3-9-20(10-4-17)34-23-11-12-28-25-24(23)33-15-13-29-25/h1-12,14H,13,15-16H2,(H,28,29). The third-order valence-corrected chi connectivity index (χ3v) is 5.38. The van der Waals surface area contributed by atoms with E-state index in [4.69, 9.17) is 9.47 Å². The van der Waals surface area contributed by atoms with Crippen molar-refractivity contribution in [2.24, 2.45) is 0 Å². The monoisotopic (exact) mass is 457 g/mol. The van der Waals surface area contributed by atoms with Crippen LogP contribution in [0.25, 0.3) is 5.69 Å². The van der Waals surface area contributed by atoms with Crippen LogP contribution in [0.15, 0.2) is 83.9 Å². The molecule has 3 heterocycles. The van der Waals surface area contributed by atoms with Crippen molar-refractivity contribution in [2.75, 3.05) is 18.5 Å². The van der Waals surface area contributed by atoms with E-state index in [9.17, 15) is 14.0 Å². The number of aromatic nitrogens is 2. The number of Topliss-reactive ketones (excluding diaryl/α,β-unsaturated/α-hetero) is 1. The Hall–Kier alpha value is -4.46. The Morgan fingerprint density at radius 1 is 1.09 bits per heavy atom. The molecule has 4 aromatic rings. The third kappa shape index (κ3) is 4.38. The summed E-state index contributed by atoms with van der Waals surface area (Å²) < 4.78 is 26.2. The van der Waals surface area contributed by atoms with Gasteiger partial charge in [0.15, 0.2) is 17.4 Å². The number of carbonyl (C=O) groups excluding carboxylic acids is 1. The lowest BCUT2D eigenvalue weighted by Crippen LogP contribution is -2.25. The first-order valence-corrected chi connectivity index (χ1v) is 10.7. The summed E-state index contributed by atoms with van der Waals surface area (Å²) in [5, 5.41) is 3.16. The number of halogens is 1. The zero-order chi connectivity index (χ0) is 23.5. The molecular weight excluding hydrogens is 437 g/mol. The van der Waals surface area contributed by atoms with Crippen LogP contribution in [0.4, 0.5) is 10.2 Å². The van der Waals surface area contributed by atoms with E-state index in [1.807, 2.05) is 0 Å². The highest BCUT2D eigenvalue weighted by molar-refractivity contribution is 5.97. The first kappa shape index (κ1) is 21.4. The Labute approximate surface area is 194 Å². The maximum Gasteiger partial charge on any atom is 0.265 e. The van der Waals surface area contributed by atoms with E-state index in [1.165, 1.54) is 34.9 Å². The van der Waals surface area contributed by atoms with Crippen molar-refractivity contribution >= 4 is 11.6 Å². The summed E-state index contributed by atoms with van der Waals surface area (Å²) in [6, 6.07) is 17.4. The Kier molecular flexibility index (Phi) is 5.78. The first-order valence-electron chi connectivity index (χ1n) is 10.7. The molecular formula is C26H20FN3O4. The molecule has 0 fully saturated rings. The van der Waals surface area contributed by atoms with Gasteiger partial charge in [-0.25, -0.2) is 9.37 Å². The van der Waals surface area contributed by atoms with Crippen molar-refractivity contribution in [3.63, 3.8) is 0 Å². The number of carbonyl (C=O) groups is 1. The number of fused-ring (bicyclic) bond motifs is 1. The van der Waals surface area contributed by atoms with E-state index in [-0.39, 0.29) is 17.8 Å². The molecule has 0 bridgehead atoms. The van der Waals surface area contributed by atoms with E-state index in [2.05, 4.69) is 10.3 Å². The van der Waals surface area contributed by atoms with Crippen molar-refractivity contribution in [3.8, 4) is 22.9 Å². The molecule has 1 aliphatic heterocycles. The topological polar surface area (TPSA) is 82.4 Å². The summed E-state index contributed by atoms with van der Waals surface area (Å²) in [4.78, 5) is 30.0. The molecule has 0 amide bonds. The average molecular weight is 457 g/mol. The van der Waals surface area contributed by atoms with E-state index >= 15 is 0 Å². The quantitative estimate of drug-likeness (QED) is 0.433. The molecule has 0 saturated carbocycles. The number of hydrogen-bond donors (Lipinski definition) is 1. The molecule has 1 aliphatic rings. The molecule has 1 N–H and O–H groups in total. The van der Waals surface area contributed by atoms with Crippen LogP contribution in [-0.2, 0) is 6.42 Å². The number of nitrogens with zero attached hydrogens (tertiary/aromatic N) is 2. The summed E-state index contributed by atoms with van der Waals surface area (Å²) >= 11 is 0. The molecule has 2 aromatic carbocycles. The molecule has 34 heavy (non-hydrogen) atoms. The van der Waals surface area contributed by atoms with Crippen LogP contribution in [0.3, 0.4) is 0 Å². The smallest absolute Gasteiger partial charge is 0.265 e. The zero-order valence-electron chi connectivity index (χ0n) is 18.0. The molecule has 2 aromatic heterocycles. The van der Waals surface area contributed by atoms with Crippen molar-refractivity contribution in [1.29, 1.82) is 0 Å². The van der Waals surface area contributed by atoms with E-state index in [1.54, 1.807) is 48.8 Å². The number of anilines is 1. The van der Waals surface area contributed by atoms with Crippen LogP contribution in [0.1, 0.15) is 15.9 Å². The van der Waals surface area contributed by atoms with Gasteiger partial charge in [0, 0.05) is 30.6 Å². The summed E-state index contributed by atoms with van der Waals surface area (Å²) in [5.74, 6) is 1.63. The van der Waals surface area contributed by atoms with Crippen LogP contribution in [-0.4, -0.2) is 28.5 Å². The largest absolute Gasteiger partial charge is 0.485 e. The van der Waals surface area contributed by atoms with Crippen molar-refractivity contribution in [1.82, 2.24) is 9.55 Å². The maximum absolute atomic E-state index is 13.2. The fraction of sp³-hybridized carbons (Fsp3) is 0.115. The Balaban J connectivity index is 1.31. The van der Waals surface area contributed by atoms with E-state index in [0.29, 0.717) is 41.9 Å². The van der Waals surface area contributed by atoms with Gasteiger partial charge in [-0.1, -0.05) is 12.1 Å². The molecule has 0 aliphatic carbocycles. The van der Waals surface area contributed by atoms with Crippen LogP contribution in [0, 0.1) is 5.82 Å².